The number of aryl methyl sites for hydroxylation is 1. The van der Waals surface area contributed by atoms with Crippen molar-refractivity contribution in [2.24, 2.45) is 0 Å². The zero-order chi connectivity index (χ0) is 18.5. The molecule has 1 amide bonds. The fourth-order valence-corrected chi connectivity index (χ4v) is 2.75. The van der Waals surface area contributed by atoms with Gasteiger partial charge in [0.15, 0.2) is 0 Å². The number of nitrogens with one attached hydrogen (secondary N) is 1. The van der Waals surface area contributed by atoms with Crippen LogP contribution >= 0.6 is 0 Å². The molecule has 1 aliphatic heterocycles. The summed E-state index contributed by atoms with van der Waals surface area (Å²) in [6.45, 7) is 3.10. The number of aromatic carboxylic acids is 1. The average molecular weight is 355 g/mol. The van der Waals surface area contributed by atoms with E-state index in [4.69, 9.17) is 14.6 Å². The van der Waals surface area contributed by atoms with Gasteiger partial charge < -0.3 is 19.9 Å². The Balaban J connectivity index is 1.62. The Kier molecular flexibility index (Phi) is 5.53. The first-order valence-electron chi connectivity index (χ1n) is 8.52. The van der Waals surface area contributed by atoms with Gasteiger partial charge in [-0.3, -0.25) is 4.79 Å². The van der Waals surface area contributed by atoms with Crippen molar-refractivity contribution in [2.75, 3.05) is 18.5 Å². The van der Waals surface area contributed by atoms with Crippen LogP contribution in [-0.2, 0) is 4.74 Å². The first-order chi connectivity index (χ1) is 12.5. The van der Waals surface area contributed by atoms with Crippen molar-refractivity contribution < 1.29 is 24.2 Å². The summed E-state index contributed by atoms with van der Waals surface area (Å²) in [5.41, 5.74) is 1.87. The largest absolute Gasteiger partial charge is 0.491 e. The molecule has 1 fully saturated rings. The molecule has 136 valence electrons. The van der Waals surface area contributed by atoms with Gasteiger partial charge in [-0.2, -0.15) is 0 Å². The number of rotatable bonds is 6. The SMILES string of the molecule is Cc1ccc(C(=O)O)cc1NC(=O)c1ccc(OCC2CCCO2)cc1. The lowest BCUT2D eigenvalue weighted by Crippen LogP contribution is -2.16. The maximum Gasteiger partial charge on any atom is 0.335 e. The Labute approximate surface area is 151 Å². The maximum absolute atomic E-state index is 12.4. The van der Waals surface area contributed by atoms with Gasteiger partial charge in [-0.05, 0) is 61.7 Å². The van der Waals surface area contributed by atoms with Crippen LogP contribution in [0.3, 0.4) is 0 Å². The third kappa shape index (κ3) is 4.40. The maximum atomic E-state index is 12.4. The van der Waals surface area contributed by atoms with Crippen molar-refractivity contribution in [1.82, 2.24) is 0 Å². The lowest BCUT2D eigenvalue weighted by Gasteiger charge is -2.12. The number of ether oxygens (including phenoxy) is 2. The number of carboxylic acid groups (broad SMARTS) is 1. The first kappa shape index (κ1) is 17.9. The zero-order valence-corrected chi connectivity index (χ0v) is 14.5. The minimum absolute atomic E-state index is 0.128. The van der Waals surface area contributed by atoms with E-state index in [0.717, 1.165) is 25.0 Å². The van der Waals surface area contributed by atoms with Crippen LogP contribution in [0.25, 0.3) is 0 Å². The van der Waals surface area contributed by atoms with Crippen LogP contribution in [0.15, 0.2) is 42.5 Å². The fraction of sp³-hybridized carbons (Fsp3) is 0.300. The minimum Gasteiger partial charge on any atom is -0.491 e. The summed E-state index contributed by atoms with van der Waals surface area (Å²) in [6.07, 6.45) is 2.22. The molecule has 0 saturated carbocycles. The number of hydrogen-bond acceptors (Lipinski definition) is 4. The van der Waals surface area contributed by atoms with E-state index in [1.54, 1.807) is 30.3 Å². The molecule has 2 N–H and O–H groups in total. The fourth-order valence-electron chi connectivity index (χ4n) is 2.75. The Bertz CT molecular complexity index is 794. The normalized spacial score (nSPS) is 16.3. The number of anilines is 1. The molecule has 1 saturated heterocycles. The molecule has 0 aliphatic carbocycles. The van der Waals surface area contributed by atoms with Crippen LogP contribution in [-0.4, -0.2) is 36.3 Å². The van der Waals surface area contributed by atoms with Crippen molar-refractivity contribution in [2.45, 2.75) is 25.9 Å². The Morgan fingerprint density at radius 2 is 1.92 bits per heavy atom. The summed E-state index contributed by atoms with van der Waals surface area (Å²) in [5.74, 6) is -0.657. The lowest BCUT2D eigenvalue weighted by molar-refractivity contribution is 0.0679. The monoisotopic (exact) mass is 355 g/mol. The molecular formula is C20H21NO5. The summed E-state index contributed by atoms with van der Waals surface area (Å²) in [6, 6.07) is 11.5. The van der Waals surface area contributed by atoms with E-state index in [1.165, 1.54) is 12.1 Å². The van der Waals surface area contributed by atoms with Crippen LogP contribution in [0.4, 0.5) is 5.69 Å². The molecule has 0 radical (unpaired) electrons. The molecule has 1 atom stereocenters. The summed E-state index contributed by atoms with van der Waals surface area (Å²) in [7, 11) is 0. The lowest BCUT2D eigenvalue weighted by atomic mass is 10.1. The third-order valence-corrected chi connectivity index (χ3v) is 4.31. The molecule has 6 nitrogen and oxygen atoms in total. The molecule has 3 rings (SSSR count). The average Bonchev–Trinajstić information content (AvgIpc) is 3.15. The second kappa shape index (κ2) is 8.01. The number of carbonyl (C=O) groups is 2. The number of amides is 1. The summed E-state index contributed by atoms with van der Waals surface area (Å²) < 4.78 is 11.2. The van der Waals surface area contributed by atoms with Gasteiger partial charge in [-0.15, -0.1) is 0 Å². The highest BCUT2D eigenvalue weighted by Crippen LogP contribution is 2.20. The highest BCUT2D eigenvalue weighted by atomic mass is 16.5. The van der Waals surface area contributed by atoms with Crippen molar-refractivity contribution in [3.63, 3.8) is 0 Å². The van der Waals surface area contributed by atoms with Gasteiger partial charge in [-0.1, -0.05) is 6.07 Å². The van der Waals surface area contributed by atoms with Gasteiger partial charge in [0.25, 0.3) is 5.91 Å². The molecule has 1 heterocycles. The molecule has 1 aliphatic rings. The van der Waals surface area contributed by atoms with E-state index < -0.39 is 5.97 Å². The van der Waals surface area contributed by atoms with Gasteiger partial charge in [0.05, 0.1) is 11.7 Å². The first-order valence-corrected chi connectivity index (χ1v) is 8.52. The summed E-state index contributed by atoms with van der Waals surface area (Å²) >= 11 is 0. The van der Waals surface area contributed by atoms with E-state index in [0.29, 0.717) is 23.6 Å². The Morgan fingerprint density at radius 3 is 2.58 bits per heavy atom. The number of carboxylic acids is 1. The molecule has 26 heavy (non-hydrogen) atoms. The van der Waals surface area contributed by atoms with E-state index in [9.17, 15) is 9.59 Å². The zero-order valence-electron chi connectivity index (χ0n) is 14.5. The van der Waals surface area contributed by atoms with E-state index in [-0.39, 0.29) is 17.6 Å². The standard InChI is InChI=1S/C20H21NO5/c1-13-4-5-15(20(23)24)11-18(13)21-19(22)14-6-8-16(9-7-14)26-12-17-3-2-10-25-17/h4-9,11,17H,2-3,10,12H2,1H3,(H,21,22)(H,23,24). The van der Waals surface area contributed by atoms with Crippen molar-refractivity contribution in [1.29, 1.82) is 0 Å². The Morgan fingerprint density at radius 1 is 1.19 bits per heavy atom. The number of benzene rings is 2. The van der Waals surface area contributed by atoms with E-state index >= 15 is 0 Å². The van der Waals surface area contributed by atoms with Gasteiger partial charge in [0.2, 0.25) is 0 Å². The summed E-state index contributed by atoms with van der Waals surface area (Å²) in [5, 5.41) is 11.8. The molecule has 6 heteroatoms. The van der Waals surface area contributed by atoms with Gasteiger partial charge in [0, 0.05) is 17.9 Å². The molecular weight excluding hydrogens is 334 g/mol. The summed E-state index contributed by atoms with van der Waals surface area (Å²) in [4.78, 5) is 23.5. The van der Waals surface area contributed by atoms with Crippen LogP contribution in [0.2, 0.25) is 0 Å². The quantitative estimate of drug-likeness (QED) is 0.828. The van der Waals surface area contributed by atoms with Crippen molar-refractivity contribution in [3.8, 4) is 5.75 Å². The van der Waals surface area contributed by atoms with E-state index in [2.05, 4.69) is 5.32 Å². The third-order valence-electron chi connectivity index (χ3n) is 4.31. The molecule has 0 bridgehead atoms. The van der Waals surface area contributed by atoms with Crippen molar-refractivity contribution >= 4 is 17.6 Å². The smallest absolute Gasteiger partial charge is 0.335 e. The Hall–Kier alpha value is -2.86. The second-order valence-electron chi connectivity index (χ2n) is 6.26. The van der Waals surface area contributed by atoms with Crippen LogP contribution in [0, 0.1) is 6.92 Å². The van der Waals surface area contributed by atoms with Gasteiger partial charge >= 0.3 is 5.97 Å². The highest BCUT2D eigenvalue weighted by molar-refractivity contribution is 6.05. The molecule has 2 aromatic rings. The van der Waals surface area contributed by atoms with Gasteiger partial charge in [-0.25, -0.2) is 4.79 Å². The van der Waals surface area contributed by atoms with Gasteiger partial charge in [0.1, 0.15) is 12.4 Å². The predicted molar refractivity (Wildman–Crippen MR) is 97.0 cm³/mol. The molecule has 0 aromatic heterocycles. The van der Waals surface area contributed by atoms with E-state index in [1.807, 2.05) is 6.92 Å². The molecule has 0 spiro atoms. The van der Waals surface area contributed by atoms with Crippen molar-refractivity contribution in [3.05, 3.63) is 59.2 Å². The van der Waals surface area contributed by atoms with Crippen LogP contribution in [0.5, 0.6) is 5.75 Å². The van der Waals surface area contributed by atoms with Crippen LogP contribution < -0.4 is 10.1 Å². The molecule has 1 unspecified atom stereocenters. The van der Waals surface area contributed by atoms with Crippen LogP contribution in [0.1, 0.15) is 39.1 Å². The highest BCUT2D eigenvalue weighted by Gasteiger charge is 2.16. The predicted octanol–water partition coefficient (Wildman–Crippen LogP) is 3.50. The molecule has 2 aromatic carbocycles. The topological polar surface area (TPSA) is 84.9 Å². The number of carbonyl (C=O) groups excluding carboxylic acids is 1. The minimum atomic E-state index is -1.03. The second-order valence-corrected chi connectivity index (χ2v) is 6.26. The number of hydrogen-bond donors (Lipinski definition) is 2.